The number of hydrogen-bond acceptors (Lipinski definition) is 3. The predicted molar refractivity (Wildman–Crippen MR) is 72.4 cm³/mol. The Labute approximate surface area is 106 Å². The summed E-state index contributed by atoms with van der Waals surface area (Å²) in [6, 6.07) is 7.09. The highest BCUT2D eigenvalue weighted by Crippen LogP contribution is 2.22. The Morgan fingerprint density at radius 3 is 2.78 bits per heavy atom. The molecule has 0 aliphatic heterocycles. The number of carbonyl (C=O) groups is 1. The molecule has 0 bridgehead atoms. The third kappa shape index (κ3) is 2.47. The average molecular weight is 246 g/mol. The van der Waals surface area contributed by atoms with E-state index in [4.69, 9.17) is 10.2 Å². The van der Waals surface area contributed by atoms with E-state index in [-0.39, 0.29) is 5.91 Å². The molecule has 4 nitrogen and oxygen atoms in total. The van der Waals surface area contributed by atoms with Gasteiger partial charge in [-0.1, -0.05) is 13.8 Å². The van der Waals surface area contributed by atoms with Crippen molar-refractivity contribution in [2.24, 2.45) is 5.92 Å². The van der Waals surface area contributed by atoms with E-state index in [1.165, 1.54) is 0 Å². The number of furan rings is 1. The molecule has 1 aromatic heterocycles. The minimum atomic E-state index is -0.0986. The molecule has 18 heavy (non-hydrogen) atoms. The number of rotatable bonds is 3. The zero-order chi connectivity index (χ0) is 13.3. The van der Waals surface area contributed by atoms with Crippen LogP contribution in [0.4, 0.5) is 5.69 Å². The van der Waals surface area contributed by atoms with E-state index in [9.17, 15) is 4.79 Å². The second-order valence-corrected chi connectivity index (χ2v) is 4.99. The molecule has 0 spiro atoms. The second kappa shape index (κ2) is 4.72. The van der Waals surface area contributed by atoms with Crippen molar-refractivity contribution >= 4 is 22.6 Å². The predicted octanol–water partition coefficient (Wildman–Crippen LogP) is 2.74. The summed E-state index contributed by atoms with van der Waals surface area (Å²) >= 11 is 0. The van der Waals surface area contributed by atoms with Crippen LogP contribution in [0.1, 0.15) is 24.4 Å². The number of hydrogen-bond donors (Lipinski definition) is 1. The van der Waals surface area contributed by atoms with Crippen molar-refractivity contribution in [1.82, 2.24) is 4.90 Å². The SMILES string of the molecule is CC(C)CN(C)C(=O)c1cc2cc(N)ccc2o1. The molecule has 2 N–H and O–H groups in total. The van der Waals surface area contributed by atoms with Gasteiger partial charge in [0.15, 0.2) is 5.76 Å². The lowest BCUT2D eigenvalue weighted by molar-refractivity contribution is 0.0750. The maximum absolute atomic E-state index is 12.1. The Bertz CT molecular complexity index is 572. The molecule has 0 radical (unpaired) electrons. The van der Waals surface area contributed by atoms with Gasteiger partial charge in [-0.05, 0) is 30.2 Å². The van der Waals surface area contributed by atoms with Gasteiger partial charge < -0.3 is 15.1 Å². The van der Waals surface area contributed by atoms with Crippen molar-refractivity contribution in [2.45, 2.75) is 13.8 Å². The van der Waals surface area contributed by atoms with Crippen LogP contribution in [0.3, 0.4) is 0 Å². The largest absolute Gasteiger partial charge is 0.451 e. The maximum atomic E-state index is 12.1. The number of fused-ring (bicyclic) bond motifs is 1. The van der Waals surface area contributed by atoms with Crippen molar-refractivity contribution in [3.05, 3.63) is 30.0 Å². The van der Waals surface area contributed by atoms with E-state index in [0.717, 1.165) is 5.39 Å². The summed E-state index contributed by atoms with van der Waals surface area (Å²) in [5, 5.41) is 0.858. The Kier molecular flexibility index (Phi) is 3.28. The summed E-state index contributed by atoms with van der Waals surface area (Å²) in [6.45, 7) is 4.85. The number of benzene rings is 1. The fourth-order valence-corrected chi connectivity index (χ4v) is 1.99. The van der Waals surface area contributed by atoms with Gasteiger partial charge in [0.1, 0.15) is 5.58 Å². The zero-order valence-electron chi connectivity index (χ0n) is 10.9. The van der Waals surface area contributed by atoms with Gasteiger partial charge in [-0.3, -0.25) is 4.79 Å². The summed E-state index contributed by atoms with van der Waals surface area (Å²) in [4.78, 5) is 13.8. The highest BCUT2D eigenvalue weighted by atomic mass is 16.3. The van der Waals surface area contributed by atoms with Crippen LogP contribution in [0, 0.1) is 5.92 Å². The Morgan fingerprint density at radius 2 is 2.11 bits per heavy atom. The first-order chi connectivity index (χ1) is 8.47. The van der Waals surface area contributed by atoms with Crippen molar-refractivity contribution in [3.63, 3.8) is 0 Å². The van der Waals surface area contributed by atoms with Gasteiger partial charge in [0.25, 0.3) is 5.91 Å². The van der Waals surface area contributed by atoms with Gasteiger partial charge in [0, 0.05) is 24.7 Å². The highest BCUT2D eigenvalue weighted by molar-refractivity contribution is 5.96. The van der Waals surface area contributed by atoms with E-state index in [1.54, 1.807) is 36.2 Å². The van der Waals surface area contributed by atoms with Crippen LogP contribution >= 0.6 is 0 Å². The monoisotopic (exact) mass is 246 g/mol. The molecule has 0 atom stereocenters. The molecule has 2 aromatic rings. The number of anilines is 1. The topological polar surface area (TPSA) is 59.5 Å². The molecule has 0 aliphatic carbocycles. The Hall–Kier alpha value is -1.97. The van der Waals surface area contributed by atoms with E-state index in [2.05, 4.69) is 13.8 Å². The van der Waals surface area contributed by atoms with E-state index in [0.29, 0.717) is 29.5 Å². The van der Waals surface area contributed by atoms with Crippen LogP contribution in [0.25, 0.3) is 11.0 Å². The minimum Gasteiger partial charge on any atom is -0.451 e. The van der Waals surface area contributed by atoms with Crippen LogP contribution in [-0.2, 0) is 0 Å². The number of nitrogen functional groups attached to an aromatic ring is 1. The van der Waals surface area contributed by atoms with Gasteiger partial charge in [0.05, 0.1) is 0 Å². The van der Waals surface area contributed by atoms with Gasteiger partial charge in [0.2, 0.25) is 0 Å². The molecule has 0 unspecified atom stereocenters. The summed E-state index contributed by atoms with van der Waals surface area (Å²) in [7, 11) is 1.78. The van der Waals surface area contributed by atoms with Crippen molar-refractivity contribution in [2.75, 3.05) is 19.3 Å². The lowest BCUT2D eigenvalue weighted by atomic mass is 10.2. The van der Waals surface area contributed by atoms with Gasteiger partial charge in [-0.15, -0.1) is 0 Å². The second-order valence-electron chi connectivity index (χ2n) is 4.99. The first kappa shape index (κ1) is 12.5. The van der Waals surface area contributed by atoms with Crippen LogP contribution < -0.4 is 5.73 Å². The van der Waals surface area contributed by atoms with Crippen molar-refractivity contribution in [3.8, 4) is 0 Å². The number of nitrogens with zero attached hydrogens (tertiary/aromatic N) is 1. The smallest absolute Gasteiger partial charge is 0.289 e. The van der Waals surface area contributed by atoms with Crippen molar-refractivity contribution in [1.29, 1.82) is 0 Å². The summed E-state index contributed by atoms with van der Waals surface area (Å²) < 4.78 is 5.54. The molecule has 96 valence electrons. The number of nitrogens with two attached hydrogens (primary N) is 1. The molecular formula is C14H18N2O2. The lowest BCUT2D eigenvalue weighted by Crippen LogP contribution is -2.29. The molecule has 0 fully saturated rings. The van der Waals surface area contributed by atoms with Crippen LogP contribution in [-0.4, -0.2) is 24.4 Å². The van der Waals surface area contributed by atoms with Crippen molar-refractivity contribution < 1.29 is 9.21 Å². The summed E-state index contributed by atoms with van der Waals surface area (Å²) in [6.07, 6.45) is 0. The normalized spacial score (nSPS) is 11.1. The molecule has 2 rings (SSSR count). The Morgan fingerprint density at radius 1 is 1.39 bits per heavy atom. The molecule has 0 saturated heterocycles. The molecule has 1 aromatic carbocycles. The fourth-order valence-electron chi connectivity index (χ4n) is 1.99. The minimum absolute atomic E-state index is 0.0986. The molecular weight excluding hydrogens is 228 g/mol. The van der Waals surface area contributed by atoms with E-state index in [1.807, 2.05) is 0 Å². The standard InChI is InChI=1S/C14H18N2O2/c1-9(2)8-16(3)14(17)13-7-10-6-11(15)4-5-12(10)18-13/h4-7,9H,8,15H2,1-3H3. The first-order valence-corrected chi connectivity index (χ1v) is 6.02. The average Bonchev–Trinajstić information content (AvgIpc) is 2.69. The quantitative estimate of drug-likeness (QED) is 0.847. The van der Waals surface area contributed by atoms with Crippen LogP contribution in [0.2, 0.25) is 0 Å². The van der Waals surface area contributed by atoms with Crippen LogP contribution in [0.5, 0.6) is 0 Å². The Balaban J connectivity index is 2.28. The van der Waals surface area contributed by atoms with E-state index >= 15 is 0 Å². The molecule has 0 saturated carbocycles. The van der Waals surface area contributed by atoms with Gasteiger partial charge in [-0.25, -0.2) is 0 Å². The maximum Gasteiger partial charge on any atom is 0.289 e. The third-order valence-electron chi connectivity index (χ3n) is 2.74. The third-order valence-corrected chi connectivity index (χ3v) is 2.74. The summed E-state index contributed by atoms with van der Waals surface area (Å²) in [5.74, 6) is 0.691. The number of carbonyl (C=O) groups excluding carboxylic acids is 1. The first-order valence-electron chi connectivity index (χ1n) is 6.02. The number of amides is 1. The molecule has 1 heterocycles. The van der Waals surface area contributed by atoms with Gasteiger partial charge >= 0.3 is 0 Å². The molecule has 0 aliphatic rings. The lowest BCUT2D eigenvalue weighted by Gasteiger charge is -2.17. The highest BCUT2D eigenvalue weighted by Gasteiger charge is 2.17. The summed E-state index contributed by atoms with van der Waals surface area (Å²) in [5.41, 5.74) is 7.05. The molecule has 4 heteroatoms. The van der Waals surface area contributed by atoms with Crippen LogP contribution in [0.15, 0.2) is 28.7 Å². The van der Waals surface area contributed by atoms with Gasteiger partial charge in [-0.2, -0.15) is 0 Å². The zero-order valence-corrected chi connectivity index (χ0v) is 10.9. The van der Waals surface area contributed by atoms with E-state index < -0.39 is 0 Å². The molecule has 1 amide bonds. The fraction of sp³-hybridized carbons (Fsp3) is 0.357.